The maximum atomic E-state index is 13.2. The maximum absolute atomic E-state index is 13.2. The number of nitrogens with one attached hydrogen (secondary N) is 3. The molecule has 0 aliphatic carbocycles. The van der Waals surface area contributed by atoms with Crippen LogP contribution in [0, 0.1) is 0 Å². The van der Waals surface area contributed by atoms with Gasteiger partial charge < -0.3 is 34.6 Å². The van der Waals surface area contributed by atoms with Crippen LogP contribution in [0.1, 0.15) is 54.1 Å². The molecule has 1 unspecified atom stereocenters. The summed E-state index contributed by atoms with van der Waals surface area (Å²) >= 11 is 6.56. The molecule has 0 radical (unpaired) electrons. The molecule has 1 aromatic heterocycles. The average Bonchev–Trinajstić information content (AvgIpc) is 3.65. The summed E-state index contributed by atoms with van der Waals surface area (Å²) in [6, 6.07) is 14.6. The van der Waals surface area contributed by atoms with Crippen LogP contribution in [0.15, 0.2) is 54.7 Å². The number of sulfonamides is 1. The molecule has 66 heavy (non-hydrogen) atoms. The van der Waals surface area contributed by atoms with E-state index in [-0.39, 0.29) is 41.6 Å². The molecule has 3 fully saturated rings. The molecule has 0 spiro atoms. The number of hydrogen-bond acceptors (Lipinski definition) is 15. The lowest BCUT2D eigenvalue weighted by Crippen LogP contribution is -2.53. The van der Waals surface area contributed by atoms with Crippen molar-refractivity contribution < 1.29 is 37.0 Å². The van der Waals surface area contributed by atoms with E-state index in [1.807, 2.05) is 12.1 Å². The first kappa shape index (κ1) is 46.6. The number of benzene rings is 3. The Labute approximate surface area is 390 Å². The number of halogens is 1. The number of rotatable bonds is 16. The quantitative estimate of drug-likeness (QED) is 0.127. The van der Waals surface area contributed by atoms with Crippen molar-refractivity contribution in [2.24, 2.45) is 0 Å². The van der Waals surface area contributed by atoms with E-state index in [0.717, 1.165) is 92.5 Å². The Balaban J connectivity index is 0.841. The fourth-order valence-corrected chi connectivity index (χ4v) is 9.96. The molecule has 0 bridgehead atoms. The van der Waals surface area contributed by atoms with Crippen LogP contribution in [0.2, 0.25) is 5.02 Å². The number of piperidine rings is 2. The third kappa shape index (κ3) is 9.94. The first-order chi connectivity index (χ1) is 31.8. The maximum Gasteiger partial charge on any atom is 0.255 e. The van der Waals surface area contributed by atoms with Crippen molar-refractivity contribution in [2.75, 3.05) is 99.8 Å². The molecular weight excluding hydrogens is 888 g/mol. The lowest BCUT2D eigenvalue weighted by atomic mass is 9.99. The van der Waals surface area contributed by atoms with Crippen molar-refractivity contribution in [3.05, 3.63) is 76.4 Å². The molecule has 20 heteroatoms. The zero-order valence-electron chi connectivity index (χ0n) is 37.9. The number of methoxy groups -OCH3 is 2. The average molecular weight is 946 g/mol. The molecule has 3 amide bonds. The van der Waals surface area contributed by atoms with E-state index in [4.69, 9.17) is 25.8 Å². The Bertz CT molecular complexity index is 2590. The monoisotopic (exact) mass is 944 g/mol. The SMILES string of the molecule is CCc1cc(Nc2ncc(Cl)c(Nc3cccc(OC)c3N(C)S(C)(=O)=O)n2)c(OC)cc1N1CCC(N2CCN(CCOc3cccc4c3CN(C3CCC(=O)NC3=O)C4=O)CC2)CC1. The van der Waals surface area contributed by atoms with Gasteiger partial charge in [0.25, 0.3) is 5.91 Å². The summed E-state index contributed by atoms with van der Waals surface area (Å²) in [4.78, 5) is 55.6. The van der Waals surface area contributed by atoms with Crippen molar-refractivity contribution in [3.63, 3.8) is 0 Å². The molecule has 4 aliphatic rings. The highest BCUT2D eigenvalue weighted by Gasteiger charge is 2.40. The molecule has 3 N–H and O–H groups in total. The number of para-hydroxylation sites is 1. The Morgan fingerprint density at radius 2 is 1.64 bits per heavy atom. The van der Waals surface area contributed by atoms with Crippen molar-refractivity contribution in [1.29, 1.82) is 0 Å². The van der Waals surface area contributed by atoms with Crippen LogP contribution in [0.4, 0.5) is 34.5 Å². The number of aromatic nitrogens is 2. The van der Waals surface area contributed by atoms with Gasteiger partial charge in [0.1, 0.15) is 40.6 Å². The fourth-order valence-electron chi connectivity index (χ4n) is 9.30. The van der Waals surface area contributed by atoms with E-state index in [1.54, 1.807) is 36.3 Å². The highest BCUT2D eigenvalue weighted by molar-refractivity contribution is 7.92. The number of piperazine rings is 1. The van der Waals surface area contributed by atoms with Crippen LogP contribution >= 0.6 is 11.6 Å². The third-order valence-corrected chi connectivity index (χ3v) is 14.4. The van der Waals surface area contributed by atoms with E-state index in [1.165, 1.54) is 20.4 Å². The molecule has 4 aliphatic heterocycles. The van der Waals surface area contributed by atoms with Crippen LogP contribution in [0.25, 0.3) is 0 Å². The zero-order valence-corrected chi connectivity index (χ0v) is 39.5. The molecular formula is C46H57ClN10O8S. The summed E-state index contributed by atoms with van der Waals surface area (Å²) in [7, 11) is 0.940. The molecule has 352 valence electrons. The van der Waals surface area contributed by atoms with Crippen LogP contribution in [-0.4, -0.2) is 143 Å². The van der Waals surface area contributed by atoms with Gasteiger partial charge in [-0.1, -0.05) is 30.7 Å². The third-order valence-electron chi connectivity index (χ3n) is 13.0. The second-order valence-electron chi connectivity index (χ2n) is 16.9. The van der Waals surface area contributed by atoms with Crippen LogP contribution in [0.3, 0.4) is 0 Å². The smallest absolute Gasteiger partial charge is 0.255 e. The summed E-state index contributed by atoms with van der Waals surface area (Å²) in [5.74, 6) is 1.26. The molecule has 0 saturated carbocycles. The number of carbonyl (C=O) groups is 3. The topological polar surface area (TPSA) is 191 Å². The second kappa shape index (κ2) is 19.9. The molecule has 3 saturated heterocycles. The zero-order chi connectivity index (χ0) is 46.7. The standard InChI is InChI=1S/C46H57ClN10O8S/c1-6-29-25-35(50-46-48-27-33(47)43(52-46)49-34-10-8-12-39(63-3)42(34)53(2)66(5,61)62)40(64-4)26-37(29)56-17-15-30(16-18-56)55-21-19-54(20-22-55)23-24-65-38-11-7-9-31-32(38)28-57(45(31)60)36-13-14-41(58)51-44(36)59/h7-12,25-27,30,36H,6,13-24,28H2,1-5H3,(H,51,58,59)(H2,48,49,50,52). The van der Waals surface area contributed by atoms with Gasteiger partial charge in [0.15, 0.2) is 5.82 Å². The first-order valence-corrected chi connectivity index (χ1v) is 24.5. The van der Waals surface area contributed by atoms with E-state index >= 15 is 0 Å². The summed E-state index contributed by atoms with van der Waals surface area (Å²) in [5.41, 5.74) is 5.06. The molecule has 3 aromatic carbocycles. The van der Waals surface area contributed by atoms with Crippen molar-refractivity contribution in [1.82, 2.24) is 30.0 Å². The number of aryl methyl sites for hydroxylation is 1. The van der Waals surface area contributed by atoms with Gasteiger partial charge in [-0.25, -0.2) is 13.4 Å². The van der Waals surface area contributed by atoms with Crippen LogP contribution < -0.4 is 39.4 Å². The predicted molar refractivity (Wildman–Crippen MR) is 253 cm³/mol. The number of anilines is 6. The molecule has 18 nitrogen and oxygen atoms in total. The van der Waals surface area contributed by atoms with E-state index < -0.39 is 22.0 Å². The molecule has 1 atom stereocenters. The number of nitrogens with zero attached hydrogens (tertiary/aromatic N) is 7. The van der Waals surface area contributed by atoms with Gasteiger partial charge in [-0.2, -0.15) is 4.98 Å². The van der Waals surface area contributed by atoms with Gasteiger partial charge >= 0.3 is 0 Å². The minimum Gasteiger partial charge on any atom is -0.494 e. The second-order valence-corrected chi connectivity index (χ2v) is 19.3. The number of hydrogen-bond donors (Lipinski definition) is 3. The van der Waals surface area contributed by atoms with Gasteiger partial charge in [0.05, 0.1) is 44.6 Å². The van der Waals surface area contributed by atoms with Crippen LogP contribution in [0.5, 0.6) is 17.2 Å². The molecule has 8 rings (SSSR count). The minimum atomic E-state index is -3.62. The Hall–Kier alpha value is -5.89. The first-order valence-electron chi connectivity index (χ1n) is 22.2. The van der Waals surface area contributed by atoms with E-state index in [9.17, 15) is 22.8 Å². The normalized spacial score (nSPS) is 18.5. The highest BCUT2D eigenvalue weighted by Crippen LogP contribution is 2.41. The van der Waals surface area contributed by atoms with E-state index in [0.29, 0.717) is 58.9 Å². The summed E-state index contributed by atoms with van der Waals surface area (Å²) < 4.78 is 43.9. The van der Waals surface area contributed by atoms with Gasteiger partial charge in [0, 0.05) is 88.2 Å². The lowest BCUT2D eigenvalue weighted by Gasteiger charge is -2.43. The van der Waals surface area contributed by atoms with Gasteiger partial charge in [-0.15, -0.1) is 0 Å². The number of carbonyl (C=O) groups excluding carboxylic acids is 3. The summed E-state index contributed by atoms with van der Waals surface area (Å²) in [6.07, 6.45) is 6.02. The van der Waals surface area contributed by atoms with E-state index in [2.05, 4.69) is 59.7 Å². The van der Waals surface area contributed by atoms with Gasteiger partial charge in [-0.05, 0) is 61.6 Å². The van der Waals surface area contributed by atoms with Crippen LogP contribution in [-0.2, 0) is 32.6 Å². The summed E-state index contributed by atoms with van der Waals surface area (Å²) in [5, 5.41) is 9.09. The summed E-state index contributed by atoms with van der Waals surface area (Å²) in [6.45, 7) is 9.38. The number of fused-ring (bicyclic) bond motifs is 1. The fraction of sp³-hybridized carbons (Fsp3) is 0.457. The van der Waals surface area contributed by atoms with Crippen molar-refractivity contribution in [2.45, 2.75) is 57.7 Å². The Kier molecular flexibility index (Phi) is 14.1. The van der Waals surface area contributed by atoms with Crippen molar-refractivity contribution in [3.8, 4) is 17.2 Å². The number of ether oxygens (including phenoxy) is 3. The molecule has 5 heterocycles. The predicted octanol–water partition coefficient (Wildman–Crippen LogP) is 5.02. The molecule has 4 aromatic rings. The minimum absolute atomic E-state index is 0.205. The van der Waals surface area contributed by atoms with Crippen molar-refractivity contribution >= 4 is 73.9 Å². The van der Waals surface area contributed by atoms with Gasteiger partial charge in [0.2, 0.25) is 27.8 Å². The lowest BCUT2D eigenvalue weighted by molar-refractivity contribution is -0.136. The Morgan fingerprint density at radius 3 is 2.33 bits per heavy atom. The number of amides is 3. The van der Waals surface area contributed by atoms with Gasteiger partial charge in [-0.3, -0.25) is 33.8 Å². The number of imide groups is 1. The Morgan fingerprint density at radius 1 is 0.909 bits per heavy atom. The highest BCUT2D eigenvalue weighted by atomic mass is 35.5. The largest absolute Gasteiger partial charge is 0.494 e.